The second-order valence-electron chi connectivity index (χ2n) is 5.95. The van der Waals surface area contributed by atoms with Gasteiger partial charge in [-0.25, -0.2) is 0 Å². The summed E-state index contributed by atoms with van der Waals surface area (Å²) in [6.07, 6.45) is 2.35. The van der Waals surface area contributed by atoms with E-state index in [0.29, 0.717) is 12.9 Å². The Morgan fingerprint density at radius 2 is 2.05 bits per heavy atom. The van der Waals surface area contributed by atoms with Crippen LogP contribution in [0.2, 0.25) is 0 Å². The molecule has 0 aromatic rings. The van der Waals surface area contributed by atoms with Gasteiger partial charge in [-0.2, -0.15) is 0 Å². The Labute approximate surface area is 120 Å². The van der Waals surface area contributed by atoms with Gasteiger partial charge in [0.15, 0.2) is 0 Å². The van der Waals surface area contributed by atoms with Crippen molar-refractivity contribution in [1.29, 1.82) is 0 Å². The molecule has 1 rings (SSSR count). The third-order valence-corrected chi connectivity index (χ3v) is 4.05. The summed E-state index contributed by atoms with van der Waals surface area (Å²) < 4.78 is 6.00. The summed E-state index contributed by atoms with van der Waals surface area (Å²) in [5.41, 5.74) is 5.08. The predicted molar refractivity (Wildman–Crippen MR) is 75.1 cm³/mol. The van der Waals surface area contributed by atoms with Crippen LogP contribution in [-0.4, -0.2) is 41.8 Å². The summed E-state index contributed by atoms with van der Waals surface area (Å²) in [4.78, 5) is 21.9. The fourth-order valence-corrected chi connectivity index (χ4v) is 2.91. The molecule has 4 atom stereocenters. The molecule has 0 aromatic carbocycles. The minimum absolute atomic E-state index is 0.108. The van der Waals surface area contributed by atoms with Gasteiger partial charge < -0.3 is 20.4 Å². The normalized spacial score (nSPS) is 32.8. The second-order valence-corrected chi connectivity index (χ2v) is 5.95. The van der Waals surface area contributed by atoms with Gasteiger partial charge >= 0.3 is 5.97 Å². The van der Waals surface area contributed by atoms with Gasteiger partial charge in [-0.3, -0.25) is 10.1 Å². The van der Waals surface area contributed by atoms with Crippen LogP contribution in [0.15, 0.2) is 0 Å². The fourth-order valence-electron chi connectivity index (χ4n) is 2.91. The van der Waals surface area contributed by atoms with Gasteiger partial charge in [0, 0.05) is 6.04 Å². The smallest absolute Gasteiger partial charge is 0.305 e. The highest BCUT2D eigenvalue weighted by molar-refractivity contribution is 5.73. The van der Waals surface area contributed by atoms with Crippen LogP contribution in [0.4, 0.5) is 0 Å². The van der Waals surface area contributed by atoms with E-state index in [1.54, 1.807) is 0 Å². The largest absolute Gasteiger partial charge is 0.481 e. The van der Waals surface area contributed by atoms with E-state index in [9.17, 15) is 9.59 Å². The Hall–Kier alpha value is -0.980. The summed E-state index contributed by atoms with van der Waals surface area (Å²) in [5.74, 6) is -0.602. The van der Waals surface area contributed by atoms with Gasteiger partial charge in [0.2, 0.25) is 0 Å². The molecule has 3 unspecified atom stereocenters. The zero-order chi connectivity index (χ0) is 15.3. The van der Waals surface area contributed by atoms with Crippen molar-refractivity contribution < 1.29 is 19.4 Å². The summed E-state index contributed by atoms with van der Waals surface area (Å²) in [6.45, 7) is 6.34. The molecular weight excluding hydrogens is 260 g/mol. The van der Waals surface area contributed by atoms with Crippen molar-refractivity contribution in [2.75, 3.05) is 6.61 Å². The van der Waals surface area contributed by atoms with Crippen LogP contribution in [0, 0.1) is 11.8 Å². The van der Waals surface area contributed by atoms with Crippen LogP contribution in [0.5, 0.6) is 0 Å². The molecule has 116 valence electrons. The van der Waals surface area contributed by atoms with Gasteiger partial charge in [-0.05, 0) is 31.6 Å². The van der Waals surface area contributed by atoms with Gasteiger partial charge in [0.25, 0.3) is 0 Å². The molecule has 0 heterocycles. The summed E-state index contributed by atoms with van der Waals surface area (Å²) >= 11 is 0. The number of nitrogens with two attached hydrogens (primary N) is 1. The number of aliphatic carboxylic acids is 1. The van der Waals surface area contributed by atoms with Crippen molar-refractivity contribution >= 4 is 12.3 Å². The predicted octanol–water partition coefficient (Wildman–Crippen LogP) is 0.744. The third kappa shape index (κ3) is 4.01. The first-order valence-electron chi connectivity index (χ1n) is 7.16. The lowest BCUT2D eigenvalue weighted by Crippen LogP contribution is -2.59. The molecule has 0 radical (unpaired) electrons. The van der Waals surface area contributed by atoms with E-state index in [2.05, 4.69) is 19.2 Å². The number of nitrogens with one attached hydrogen (secondary N) is 1. The zero-order valence-corrected chi connectivity index (χ0v) is 12.5. The lowest BCUT2D eigenvalue weighted by Gasteiger charge is -2.41. The van der Waals surface area contributed by atoms with Gasteiger partial charge in [-0.15, -0.1) is 0 Å². The first kappa shape index (κ1) is 17.1. The first-order valence-corrected chi connectivity index (χ1v) is 7.16. The molecule has 6 heteroatoms. The number of carbonyl (C=O) groups is 2. The molecular formula is C14H26N2O4. The van der Waals surface area contributed by atoms with E-state index in [1.807, 2.05) is 6.92 Å². The molecule has 1 fully saturated rings. The molecule has 1 saturated carbocycles. The number of hydrogen-bond donors (Lipinski definition) is 3. The zero-order valence-electron chi connectivity index (χ0n) is 12.5. The topological polar surface area (TPSA) is 102 Å². The molecule has 1 aliphatic carbocycles. The van der Waals surface area contributed by atoms with Crippen molar-refractivity contribution in [2.45, 2.75) is 57.8 Å². The maximum atomic E-state index is 11.1. The summed E-state index contributed by atoms with van der Waals surface area (Å²) in [7, 11) is 0. The number of aldehydes is 1. The Balaban J connectivity index is 2.86. The summed E-state index contributed by atoms with van der Waals surface area (Å²) in [6, 6.07) is -0.855. The second kappa shape index (κ2) is 7.15. The van der Waals surface area contributed by atoms with Crippen molar-refractivity contribution in [3.8, 4) is 0 Å². The molecule has 6 nitrogen and oxygen atoms in total. The standard InChI is InChI=1S/C14H26N2O4/c1-9-4-5-10(2)14(9,20-8-11(3)15)16-12(7-17)6-13(18)19/h7,9-12,16H,4-6,8,15H2,1-3H3,(H,18,19)/t9?,10?,11?,12-,14?/m0/s1. The molecule has 0 saturated heterocycles. The van der Waals surface area contributed by atoms with Crippen LogP contribution in [0.1, 0.15) is 40.0 Å². The minimum Gasteiger partial charge on any atom is -0.481 e. The average molecular weight is 286 g/mol. The van der Waals surface area contributed by atoms with Gasteiger partial charge in [-0.1, -0.05) is 13.8 Å². The fraction of sp³-hybridized carbons (Fsp3) is 0.857. The molecule has 0 amide bonds. The van der Waals surface area contributed by atoms with E-state index in [0.717, 1.165) is 12.8 Å². The highest BCUT2D eigenvalue weighted by Crippen LogP contribution is 2.41. The highest BCUT2D eigenvalue weighted by atomic mass is 16.5. The van der Waals surface area contributed by atoms with Gasteiger partial charge in [0.05, 0.1) is 19.1 Å². The van der Waals surface area contributed by atoms with Crippen LogP contribution in [0.25, 0.3) is 0 Å². The molecule has 0 aromatic heterocycles. The van der Waals surface area contributed by atoms with Crippen molar-refractivity contribution in [1.82, 2.24) is 5.32 Å². The van der Waals surface area contributed by atoms with E-state index < -0.39 is 17.7 Å². The van der Waals surface area contributed by atoms with Crippen molar-refractivity contribution in [2.24, 2.45) is 17.6 Å². The average Bonchev–Trinajstić information content (AvgIpc) is 2.63. The van der Waals surface area contributed by atoms with Crippen LogP contribution < -0.4 is 11.1 Å². The SMILES string of the molecule is CC(N)COC1(N[C@H](C=O)CC(=O)O)C(C)CCC1C. The number of rotatable bonds is 8. The molecule has 20 heavy (non-hydrogen) atoms. The van der Waals surface area contributed by atoms with Crippen molar-refractivity contribution in [3.63, 3.8) is 0 Å². The Bertz CT molecular complexity index is 336. The lowest BCUT2D eigenvalue weighted by atomic mass is 9.93. The third-order valence-electron chi connectivity index (χ3n) is 4.05. The maximum absolute atomic E-state index is 11.1. The number of carboxylic acid groups (broad SMARTS) is 1. The van der Waals surface area contributed by atoms with E-state index >= 15 is 0 Å². The Morgan fingerprint density at radius 3 is 2.45 bits per heavy atom. The minimum atomic E-state index is -1.00. The van der Waals surface area contributed by atoms with Crippen molar-refractivity contribution in [3.05, 3.63) is 0 Å². The quantitative estimate of drug-likeness (QED) is 0.449. The van der Waals surface area contributed by atoms with Gasteiger partial charge in [0.1, 0.15) is 12.0 Å². The molecule has 4 N–H and O–H groups in total. The van der Waals surface area contributed by atoms with Crippen LogP contribution in [0.3, 0.4) is 0 Å². The van der Waals surface area contributed by atoms with E-state index in [4.69, 9.17) is 15.6 Å². The molecule has 0 bridgehead atoms. The monoisotopic (exact) mass is 286 g/mol. The Kier molecular flexibility index (Phi) is 6.10. The number of carbonyl (C=O) groups excluding carboxylic acids is 1. The highest BCUT2D eigenvalue weighted by Gasteiger charge is 2.48. The van der Waals surface area contributed by atoms with Crippen LogP contribution >= 0.6 is 0 Å². The maximum Gasteiger partial charge on any atom is 0.305 e. The van der Waals surface area contributed by atoms with E-state index in [-0.39, 0.29) is 24.3 Å². The summed E-state index contributed by atoms with van der Waals surface area (Å²) in [5, 5.41) is 12.0. The van der Waals surface area contributed by atoms with Crippen LogP contribution in [-0.2, 0) is 14.3 Å². The lowest BCUT2D eigenvalue weighted by molar-refractivity contribution is -0.145. The molecule has 1 aliphatic rings. The number of hydrogen-bond acceptors (Lipinski definition) is 5. The molecule has 0 spiro atoms. The van der Waals surface area contributed by atoms with E-state index in [1.165, 1.54) is 0 Å². The number of ether oxygens (including phenoxy) is 1. The number of carboxylic acids is 1. The molecule has 0 aliphatic heterocycles. The first-order chi connectivity index (χ1) is 9.31. The Morgan fingerprint density at radius 1 is 1.50 bits per heavy atom.